The Morgan fingerprint density at radius 3 is 2.80 bits per heavy atom. The first-order chi connectivity index (χ1) is 4.81. The predicted molar refractivity (Wildman–Crippen MR) is 30.9 cm³/mol. The van der Waals surface area contributed by atoms with Crippen LogP contribution in [0.25, 0.3) is 0 Å². The van der Waals surface area contributed by atoms with E-state index in [2.05, 4.69) is 0 Å². The number of aliphatic hydroxyl groups excluding tert-OH is 1. The molecule has 1 N–H and O–H groups in total. The van der Waals surface area contributed by atoms with Crippen LogP contribution in [0.15, 0.2) is 0 Å². The van der Waals surface area contributed by atoms with Crippen LogP contribution in [0, 0.1) is 0 Å². The fourth-order valence-corrected chi connectivity index (χ4v) is 0.892. The molecule has 0 amide bonds. The number of ether oxygens (including phenoxy) is 3. The zero-order valence-corrected chi connectivity index (χ0v) is 5.69. The summed E-state index contributed by atoms with van der Waals surface area (Å²) in [7, 11) is 0. The minimum atomic E-state index is -0.713. The van der Waals surface area contributed by atoms with Crippen molar-refractivity contribution in [3.8, 4) is 0 Å². The van der Waals surface area contributed by atoms with Crippen molar-refractivity contribution in [2.75, 3.05) is 0 Å². The van der Waals surface area contributed by atoms with Gasteiger partial charge in [-0.3, -0.25) is 0 Å². The van der Waals surface area contributed by atoms with Gasteiger partial charge in [-0.15, -0.1) is 0 Å². The van der Waals surface area contributed by atoms with Crippen LogP contribution in [0.3, 0.4) is 0 Å². The van der Waals surface area contributed by atoms with Crippen LogP contribution >= 0.6 is 0 Å². The second kappa shape index (κ2) is 2.17. The molecule has 4 nitrogen and oxygen atoms in total. The average molecular weight is 146 g/mol. The van der Waals surface area contributed by atoms with Gasteiger partial charge in [0.1, 0.15) is 0 Å². The molecule has 0 aliphatic carbocycles. The van der Waals surface area contributed by atoms with Crippen molar-refractivity contribution in [1.82, 2.24) is 0 Å². The molecular weight excluding hydrogens is 136 g/mol. The van der Waals surface area contributed by atoms with Crippen molar-refractivity contribution >= 4 is 0 Å². The summed E-state index contributed by atoms with van der Waals surface area (Å²) in [6.07, 6.45) is -0.387. The number of rotatable bonds is 3. The minimum Gasteiger partial charge on any atom is -0.368 e. The molecule has 0 aromatic heterocycles. The van der Waals surface area contributed by atoms with Gasteiger partial charge in [-0.1, -0.05) is 6.92 Å². The summed E-state index contributed by atoms with van der Waals surface area (Å²) in [5.74, 6) is 0. The Labute approximate surface area is 58.7 Å². The maximum atomic E-state index is 8.97. The van der Waals surface area contributed by atoms with Gasteiger partial charge < -0.3 is 19.3 Å². The highest BCUT2D eigenvalue weighted by atomic mass is 16.9. The molecule has 2 rings (SSSR count). The van der Waals surface area contributed by atoms with Crippen LogP contribution in [0.4, 0.5) is 0 Å². The Hall–Kier alpha value is -0.160. The van der Waals surface area contributed by atoms with E-state index in [-0.39, 0.29) is 18.7 Å². The van der Waals surface area contributed by atoms with E-state index in [0.717, 1.165) is 0 Å². The van der Waals surface area contributed by atoms with Gasteiger partial charge in [-0.05, 0) is 6.42 Å². The van der Waals surface area contributed by atoms with E-state index in [1.165, 1.54) is 0 Å². The predicted octanol–water partition coefficient (Wildman–Crippen LogP) is -0.187. The highest BCUT2D eigenvalue weighted by Gasteiger charge is 2.59. The van der Waals surface area contributed by atoms with Crippen molar-refractivity contribution in [1.29, 1.82) is 0 Å². The molecule has 2 aliphatic rings. The average Bonchev–Trinajstić information content (AvgIpc) is 2.56. The SMILES string of the molecule is CCC(O)OC1OC2OC12. The summed E-state index contributed by atoms with van der Waals surface area (Å²) < 4.78 is 14.9. The topological polar surface area (TPSA) is 51.2 Å². The molecule has 0 aromatic rings. The molecular formula is C6H10O4. The number of aliphatic hydroxyl groups is 1. The van der Waals surface area contributed by atoms with Gasteiger partial charge in [-0.25, -0.2) is 0 Å². The van der Waals surface area contributed by atoms with Crippen molar-refractivity contribution in [2.45, 2.75) is 38.3 Å². The van der Waals surface area contributed by atoms with E-state index >= 15 is 0 Å². The zero-order valence-electron chi connectivity index (χ0n) is 5.69. The number of hydrogen-bond donors (Lipinski definition) is 1. The molecule has 0 saturated carbocycles. The third-order valence-corrected chi connectivity index (χ3v) is 1.66. The van der Waals surface area contributed by atoms with Gasteiger partial charge >= 0.3 is 0 Å². The Balaban J connectivity index is 1.70. The van der Waals surface area contributed by atoms with E-state index in [0.29, 0.717) is 6.42 Å². The van der Waals surface area contributed by atoms with E-state index in [1.807, 2.05) is 6.92 Å². The summed E-state index contributed by atoms with van der Waals surface area (Å²) in [6.45, 7) is 1.84. The fraction of sp³-hybridized carbons (Fsp3) is 1.00. The van der Waals surface area contributed by atoms with Crippen molar-refractivity contribution in [3.63, 3.8) is 0 Å². The highest BCUT2D eigenvalue weighted by Crippen LogP contribution is 2.40. The van der Waals surface area contributed by atoms with Crippen LogP contribution in [0.1, 0.15) is 13.3 Å². The number of fused-ring (bicyclic) bond motifs is 1. The standard InChI is InChI=1S/C6H10O4/c1-2-3(7)8-5-4-6(9-4)10-5/h3-7H,2H2,1H3. The van der Waals surface area contributed by atoms with E-state index < -0.39 is 6.29 Å². The normalized spacial score (nSPS) is 45.6. The summed E-state index contributed by atoms with van der Waals surface area (Å²) in [4.78, 5) is 0. The van der Waals surface area contributed by atoms with E-state index in [9.17, 15) is 0 Å². The third-order valence-electron chi connectivity index (χ3n) is 1.66. The molecule has 58 valence electrons. The molecule has 0 aromatic carbocycles. The molecule has 4 atom stereocenters. The number of epoxide rings is 1. The van der Waals surface area contributed by atoms with Crippen LogP contribution in [-0.4, -0.2) is 30.1 Å². The summed E-state index contributed by atoms with van der Waals surface area (Å²) >= 11 is 0. The molecule has 0 bridgehead atoms. The van der Waals surface area contributed by atoms with Crippen molar-refractivity contribution in [2.24, 2.45) is 0 Å². The lowest BCUT2D eigenvalue weighted by molar-refractivity contribution is -0.267. The Morgan fingerprint density at radius 1 is 1.60 bits per heavy atom. The first-order valence-electron chi connectivity index (χ1n) is 3.45. The first kappa shape index (κ1) is 6.54. The molecule has 4 heteroatoms. The van der Waals surface area contributed by atoms with E-state index in [1.54, 1.807) is 0 Å². The van der Waals surface area contributed by atoms with Crippen LogP contribution in [0.5, 0.6) is 0 Å². The Morgan fingerprint density at radius 2 is 2.40 bits per heavy atom. The van der Waals surface area contributed by atoms with Gasteiger partial charge in [-0.2, -0.15) is 0 Å². The van der Waals surface area contributed by atoms with Gasteiger partial charge in [0.2, 0.25) is 0 Å². The van der Waals surface area contributed by atoms with Crippen molar-refractivity contribution in [3.05, 3.63) is 0 Å². The van der Waals surface area contributed by atoms with Gasteiger partial charge in [0.15, 0.2) is 25.0 Å². The molecule has 0 spiro atoms. The monoisotopic (exact) mass is 146 g/mol. The lowest BCUT2D eigenvalue weighted by Gasteiger charge is -2.23. The maximum absolute atomic E-state index is 8.97. The Bertz CT molecular complexity index is 138. The third kappa shape index (κ3) is 0.932. The van der Waals surface area contributed by atoms with Gasteiger partial charge in [0.25, 0.3) is 0 Å². The van der Waals surface area contributed by atoms with Crippen LogP contribution in [-0.2, 0) is 14.2 Å². The molecule has 2 heterocycles. The molecule has 2 fully saturated rings. The molecule has 0 radical (unpaired) electrons. The highest BCUT2D eigenvalue weighted by molar-refractivity contribution is 4.90. The van der Waals surface area contributed by atoms with Crippen LogP contribution in [0.2, 0.25) is 0 Å². The summed E-state index contributed by atoms with van der Waals surface area (Å²) in [5.41, 5.74) is 0. The quantitative estimate of drug-likeness (QED) is 0.443. The fourth-order valence-electron chi connectivity index (χ4n) is 0.892. The largest absolute Gasteiger partial charge is 0.368 e. The number of hydrogen-bond acceptors (Lipinski definition) is 4. The molecule has 4 unspecified atom stereocenters. The van der Waals surface area contributed by atoms with Gasteiger partial charge in [0, 0.05) is 0 Å². The van der Waals surface area contributed by atoms with Crippen molar-refractivity contribution < 1.29 is 19.3 Å². The van der Waals surface area contributed by atoms with E-state index in [4.69, 9.17) is 19.3 Å². The second-order valence-electron chi connectivity index (χ2n) is 2.47. The molecule has 10 heavy (non-hydrogen) atoms. The zero-order chi connectivity index (χ0) is 7.14. The van der Waals surface area contributed by atoms with Crippen LogP contribution < -0.4 is 0 Å². The minimum absolute atomic E-state index is 0.0333. The van der Waals surface area contributed by atoms with Gasteiger partial charge in [0.05, 0.1) is 0 Å². The molecule has 2 saturated heterocycles. The summed E-state index contributed by atoms with van der Waals surface area (Å²) in [5, 5.41) is 8.97. The lowest BCUT2D eigenvalue weighted by atomic mass is 10.3. The maximum Gasteiger partial charge on any atom is 0.195 e. The Kier molecular flexibility index (Phi) is 1.42. The molecule has 2 aliphatic heterocycles. The lowest BCUT2D eigenvalue weighted by Crippen LogP contribution is -2.38. The smallest absolute Gasteiger partial charge is 0.195 e. The second-order valence-corrected chi connectivity index (χ2v) is 2.47. The summed E-state index contributed by atoms with van der Waals surface area (Å²) in [6, 6.07) is 0. The first-order valence-corrected chi connectivity index (χ1v) is 3.45.